The summed E-state index contributed by atoms with van der Waals surface area (Å²) in [6.45, 7) is 5.94. The molecule has 2 nitrogen and oxygen atoms in total. The van der Waals surface area contributed by atoms with Gasteiger partial charge in [-0.1, -0.05) is 6.92 Å². The Balaban J connectivity index is 2.87. The molecule has 0 spiro atoms. The number of hydrogen-bond acceptors (Lipinski definition) is 3. The first-order valence-corrected chi connectivity index (χ1v) is 5.34. The van der Waals surface area contributed by atoms with E-state index in [4.69, 9.17) is 5.26 Å². The van der Waals surface area contributed by atoms with Crippen molar-refractivity contribution in [2.24, 2.45) is 0 Å². The second-order valence-corrected chi connectivity index (χ2v) is 4.56. The summed E-state index contributed by atoms with van der Waals surface area (Å²) < 4.78 is 0. The normalized spacial score (nSPS) is 11.2. The van der Waals surface area contributed by atoms with Crippen molar-refractivity contribution >= 4 is 11.3 Å². The van der Waals surface area contributed by atoms with Gasteiger partial charge in [0.1, 0.15) is 0 Å². The minimum absolute atomic E-state index is 0.442. The maximum Gasteiger partial charge on any atom is 0.0945 e. The first-order chi connectivity index (χ1) is 6.10. The van der Waals surface area contributed by atoms with Gasteiger partial charge in [0.2, 0.25) is 0 Å². The van der Waals surface area contributed by atoms with Crippen molar-refractivity contribution in [3.63, 3.8) is 0 Å². The van der Waals surface area contributed by atoms with E-state index >= 15 is 0 Å². The van der Waals surface area contributed by atoms with E-state index in [9.17, 15) is 0 Å². The highest BCUT2D eigenvalue weighted by Crippen LogP contribution is 2.24. The molecule has 13 heavy (non-hydrogen) atoms. The van der Waals surface area contributed by atoms with E-state index in [1.54, 1.807) is 11.3 Å². The maximum atomic E-state index is 8.90. The Morgan fingerprint density at radius 3 is 2.85 bits per heavy atom. The molecule has 1 aromatic heterocycles. The van der Waals surface area contributed by atoms with Crippen molar-refractivity contribution in [1.29, 1.82) is 5.26 Å². The van der Waals surface area contributed by atoms with E-state index < -0.39 is 5.41 Å². The summed E-state index contributed by atoms with van der Waals surface area (Å²) in [6, 6.07) is 2.26. The van der Waals surface area contributed by atoms with Crippen molar-refractivity contribution in [3.05, 3.63) is 16.1 Å². The predicted molar refractivity (Wildman–Crippen MR) is 54.7 cm³/mol. The van der Waals surface area contributed by atoms with Crippen LogP contribution in [-0.2, 0) is 11.8 Å². The molecule has 0 bridgehead atoms. The van der Waals surface area contributed by atoms with E-state index in [2.05, 4.69) is 18.0 Å². The van der Waals surface area contributed by atoms with Crippen molar-refractivity contribution in [1.82, 2.24) is 4.98 Å². The molecule has 0 N–H and O–H groups in total. The fraction of sp³-hybridized carbons (Fsp3) is 0.600. The van der Waals surface area contributed by atoms with Crippen molar-refractivity contribution in [2.75, 3.05) is 0 Å². The van der Waals surface area contributed by atoms with Crippen LogP contribution in [0.25, 0.3) is 0 Å². The Morgan fingerprint density at radius 1 is 1.62 bits per heavy atom. The Hall–Kier alpha value is -0.880. The summed E-state index contributed by atoms with van der Waals surface area (Å²) in [6.07, 6.45) is 2.13. The van der Waals surface area contributed by atoms with Crippen LogP contribution < -0.4 is 0 Å². The SMILES string of the molecule is CCCc1nc(C(C)(C)C#N)cs1. The van der Waals surface area contributed by atoms with Crippen molar-refractivity contribution in [2.45, 2.75) is 39.0 Å². The molecule has 0 aliphatic rings. The third kappa shape index (κ3) is 2.28. The summed E-state index contributed by atoms with van der Waals surface area (Å²) >= 11 is 1.65. The molecule has 1 heterocycles. The third-order valence-corrected chi connectivity index (χ3v) is 2.84. The molecule has 70 valence electrons. The van der Waals surface area contributed by atoms with Crippen LogP contribution in [-0.4, -0.2) is 4.98 Å². The Labute approximate surface area is 83.2 Å². The molecule has 0 amide bonds. The van der Waals surface area contributed by atoms with Crippen LogP contribution in [0.5, 0.6) is 0 Å². The van der Waals surface area contributed by atoms with E-state index in [0.29, 0.717) is 0 Å². The van der Waals surface area contributed by atoms with Crippen LogP contribution in [0.4, 0.5) is 0 Å². The van der Waals surface area contributed by atoms with Crippen molar-refractivity contribution < 1.29 is 0 Å². The molecule has 0 atom stereocenters. The molecule has 0 fully saturated rings. The van der Waals surface area contributed by atoms with Gasteiger partial charge >= 0.3 is 0 Å². The molecule has 0 unspecified atom stereocenters. The van der Waals surface area contributed by atoms with E-state index in [-0.39, 0.29) is 0 Å². The summed E-state index contributed by atoms with van der Waals surface area (Å²) in [4.78, 5) is 4.44. The highest BCUT2D eigenvalue weighted by molar-refractivity contribution is 7.09. The van der Waals surface area contributed by atoms with Crippen LogP contribution in [0, 0.1) is 11.3 Å². The Bertz CT molecular complexity index is 320. The van der Waals surface area contributed by atoms with Crippen LogP contribution in [0.3, 0.4) is 0 Å². The number of aryl methyl sites for hydroxylation is 1. The van der Waals surface area contributed by atoms with Crippen LogP contribution in [0.1, 0.15) is 37.9 Å². The van der Waals surface area contributed by atoms with Gasteiger partial charge in [-0.15, -0.1) is 11.3 Å². The van der Waals surface area contributed by atoms with Gasteiger partial charge in [-0.25, -0.2) is 4.98 Å². The van der Waals surface area contributed by atoms with E-state index in [1.807, 2.05) is 19.2 Å². The average Bonchev–Trinajstić information content (AvgIpc) is 2.54. The van der Waals surface area contributed by atoms with Gasteiger partial charge in [0.25, 0.3) is 0 Å². The summed E-state index contributed by atoms with van der Waals surface area (Å²) in [5.74, 6) is 0. The number of nitrogens with zero attached hydrogens (tertiary/aromatic N) is 2. The lowest BCUT2D eigenvalue weighted by Crippen LogP contribution is -2.14. The molecular formula is C10H14N2S. The van der Waals surface area contributed by atoms with E-state index in [0.717, 1.165) is 23.5 Å². The fourth-order valence-corrected chi connectivity index (χ4v) is 2.05. The van der Waals surface area contributed by atoms with Crippen LogP contribution in [0.2, 0.25) is 0 Å². The minimum atomic E-state index is -0.442. The monoisotopic (exact) mass is 194 g/mol. The first-order valence-electron chi connectivity index (χ1n) is 4.46. The smallest absolute Gasteiger partial charge is 0.0945 e. The number of thiazole rings is 1. The number of rotatable bonds is 3. The lowest BCUT2D eigenvalue weighted by molar-refractivity contribution is 0.660. The quantitative estimate of drug-likeness (QED) is 0.741. The molecule has 3 heteroatoms. The number of nitriles is 1. The molecule has 0 saturated heterocycles. The molecule has 1 aromatic rings. The lowest BCUT2D eigenvalue weighted by Gasteiger charge is -2.10. The summed E-state index contributed by atoms with van der Waals surface area (Å²) in [5.41, 5.74) is 0.464. The highest BCUT2D eigenvalue weighted by Gasteiger charge is 2.22. The first kappa shape index (κ1) is 10.2. The third-order valence-electron chi connectivity index (χ3n) is 1.94. The van der Waals surface area contributed by atoms with Gasteiger partial charge in [0.05, 0.1) is 22.2 Å². The molecule has 0 radical (unpaired) electrons. The lowest BCUT2D eigenvalue weighted by atomic mass is 9.92. The van der Waals surface area contributed by atoms with Crippen molar-refractivity contribution in [3.8, 4) is 6.07 Å². The fourth-order valence-electron chi connectivity index (χ4n) is 0.984. The van der Waals surface area contributed by atoms with Gasteiger partial charge in [-0.3, -0.25) is 0 Å². The molecule has 1 rings (SSSR count). The Morgan fingerprint density at radius 2 is 2.31 bits per heavy atom. The minimum Gasteiger partial charge on any atom is -0.245 e. The predicted octanol–water partition coefficient (Wildman–Crippen LogP) is 2.90. The standard InChI is InChI=1S/C10H14N2S/c1-4-5-9-12-8(6-13-9)10(2,3)7-11/h6H,4-5H2,1-3H3. The zero-order valence-electron chi connectivity index (χ0n) is 8.29. The molecule has 0 saturated carbocycles. The molecular weight excluding hydrogens is 180 g/mol. The second-order valence-electron chi connectivity index (χ2n) is 3.61. The molecule has 0 aromatic carbocycles. The number of hydrogen-bond donors (Lipinski definition) is 0. The molecule has 0 aliphatic carbocycles. The maximum absolute atomic E-state index is 8.90. The van der Waals surface area contributed by atoms with Gasteiger partial charge in [0.15, 0.2) is 0 Å². The van der Waals surface area contributed by atoms with Crippen LogP contribution in [0.15, 0.2) is 5.38 Å². The average molecular weight is 194 g/mol. The van der Waals surface area contributed by atoms with Gasteiger partial charge < -0.3 is 0 Å². The van der Waals surface area contributed by atoms with E-state index in [1.165, 1.54) is 0 Å². The topological polar surface area (TPSA) is 36.7 Å². The van der Waals surface area contributed by atoms with Gasteiger partial charge in [-0.2, -0.15) is 5.26 Å². The second kappa shape index (κ2) is 3.89. The van der Waals surface area contributed by atoms with Gasteiger partial charge in [0, 0.05) is 5.38 Å². The Kier molecular flexibility index (Phi) is 3.05. The summed E-state index contributed by atoms with van der Waals surface area (Å²) in [7, 11) is 0. The number of aromatic nitrogens is 1. The van der Waals surface area contributed by atoms with Crippen LogP contribution >= 0.6 is 11.3 Å². The van der Waals surface area contributed by atoms with Gasteiger partial charge in [-0.05, 0) is 26.7 Å². The zero-order chi connectivity index (χ0) is 9.90. The largest absolute Gasteiger partial charge is 0.245 e. The molecule has 0 aliphatic heterocycles. The summed E-state index contributed by atoms with van der Waals surface area (Å²) in [5, 5.41) is 12.0. The zero-order valence-corrected chi connectivity index (χ0v) is 9.11. The highest BCUT2D eigenvalue weighted by atomic mass is 32.1.